The third-order valence-electron chi connectivity index (χ3n) is 4.72. The van der Waals surface area contributed by atoms with E-state index in [2.05, 4.69) is 15.7 Å². The van der Waals surface area contributed by atoms with Gasteiger partial charge in [-0.05, 0) is 25.3 Å². The number of nitrogens with one attached hydrogen (secondary N) is 2. The monoisotopic (exact) mass is 418 g/mol. The first-order valence-corrected chi connectivity index (χ1v) is 9.86. The number of rotatable bonds is 6. The molecule has 2 N–H and O–H groups in total. The number of hydrogen-bond donors (Lipinski definition) is 2. The van der Waals surface area contributed by atoms with E-state index in [0.29, 0.717) is 12.2 Å². The fourth-order valence-electron chi connectivity index (χ4n) is 3.30. The van der Waals surface area contributed by atoms with Crippen LogP contribution in [-0.2, 0) is 16.1 Å². The number of halogens is 1. The topological polar surface area (TPSA) is 102 Å². The molecule has 9 heteroatoms. The van der Waals surface area contributed by atoms with Crippen LogP contribution < -0.4 is 10.6 Å². The Kier molecular flexibility index (Phi) is 6.87. The van der Waals surface area contributed by atoms with Gasteiger partial charge in [-0.15, -0.1) is 0 Å². The number of hydrogen-bond acceptors (Lipinski definition) is 5. The van der Waals surface area contributed by atoms with Crippen molar-refractivity contribution in [2.24, 2.45) is 0 Å². The van der Waals surface area contributed by atoms with Crippen LogP contribution in [0.4, 0.5) is 4.79 Å². The van der Waals surface area contributed by atoms with Crippen LogP contribution in [0.5, 0.6) is 0 Å². The minimum absolute atomic E-state index is 0.0854. The maximum Gasteiger partial charge on any atom is 0.343 e. The predicted molar refractivity (Wildman–Crippen MR) is 107 cm³/mol. The predicted octanol–water partition coefficient (Wildman–Crippen LogP) is 2.82. The largest absolute Gasteiger partial charge is 0.452 e. The lowest BCUT2D eigenvalue weighted by molar-refractivity contribution is -0.123. The number of esters is 1. The number of aryl methyl sites for hydroxylation is 1. The molecule has 3 rings (SSSR count). The lowest BCUT2D eigenvalue weighted by atomic mass is 10.2. The Morgan fingerprint density at radius 1 is 1.21 bits per heavy atom. The van der Waals surface area contributed by atoms with Gasteiger partial charge in [0.2, 0.25) is 0 Å². The van der Waals surface area contributed by atoms with Gasteiger partial charge in [0.25, 0.3) is 5.91 Å². The SMILES string of the molecule is Cc1nn(Cc2ccccc2)c(Cl)c1C(=O)OCC(=O)NC(=O)NC1CCCC1. The molecule has 2 aromatic rings. The Hall–Kier alpha value is -2.87. The van der Waals surface area contributed by atoms with Crippen molar-refractivity contribution >= 4 is 29.5 Å². The highest BCUT2D eigenvalue weighted by molar-refractivity contribution is 6.32. The Balaban J connectivity index is 1.53. The number of ether oxygens (including phenoxy) is 1. The van der Waals surface area contributed by atoms with Crippen molar-refractivity contribution in [2.75, 3.05) is 6.61 Å². The zero-order valence-electron chi connectivity index (χ0n) is 16.1. The van der Waals surface area contributed by atoms with Gasteiger partial charge in [-0.2, -0.15) is 5.10 Å². The molecule has 1 fully saturated rings. The van der Waals surface area contributed by atoms with E-state index in [9.17, 15) is 14.4 Å². The molecule has 3 amide bonds. The van der Waals surface area contributed by atoms with Crippen LogP contribution in [0.25, 0.3) is 0 Å². The number of carbonyl (C=O) groups excluding carboxylic acids is 3. The Labute approximate surface area is 173 Å². The molecule has 1 saturated carbocycles. The first-order valence-electron chi connectivity index (χ1n) is 9.48. The van der Waals surface area contributed by atoms with Crippen LogP contribution in [0.2, 0.25) is 5.15 Å². The molecule has 0 spiro atoms. The molecule has 29 heavy (non-hydrogen) atoms. The Bertz CT molecular complexity index is 891. The molecule has 0 bridgehead atoms. The zero-order chi connectivity index (χ0) is 20.8. The third-order valence-corrected chi connectivity index (χ3v) is 5.11. The smallest absolute Gasteiger partial charge is 0.343 e. The number of carbonyl (C=O) groups is 3. The highest BCUT2D eigenvalue weighted by atomic mass is 35.5. The van der Waals surface area contributed by atoms with Gasteiger partial charge in [0.15, 0.2) is 6.61 Å². The van der Waals surface area contributed by atoms with Gasteiger partial charge in [0, 0.05) is 6.04 Å². The summed E-state index contributed by atoms with van der Waals surface area (Å²) in [6, 6.07) is 9.05. The van der Waals surface area contributed by atoms with Crippen LogP contribution in [0, 0.1) is 6.92 Å². The first-order chi connectivity index (χ1) is 13.9. The molecule has 154 valence electrons. The van der Waals surface area contributed by atoms with Crippen molar-refractivity contribution in [3.05, 3.63) is 52.3 Å². The van der Waals surface area contributed by atoms with E-state index in [1.54, 1.807) is 6.92 Å². The summed E-state index contributed by atoms with van der Waals surface area (Å²) >= 11 is 6.30. The molecular formula is C20H23ClN4O4. The minimum Gasteiger partial charge on any atom is -0.452 e. The molecule has 0 saturated heterocycles. The summed E-state index contributed by atoms with van der Waals surface area (Å²) in [6.07, 6.45) is 3.94. The second-order valence-electron chi connectivity index (χ2n) is 6.97. The van der Waals surface area contributed by atoms with E-state index in [-0.39, 0.29) is 16.8 Å². The molecule has 1 aromatic carbocycles. The van der Waals surface area contributed by atoms with Gasteiger partial charge in [-0.25, -0.2) is 14.3 Å². The van der Waals surface area contributed by atoms with Crippen molar-refractivity contribution in [3.8, 4) is 0 Å². The van der Waals surface area contributed by atoms with Gasteiger partial charge in [0.1, 0.15) is 10.7 Å². The van der Waals surface area contributed by atoms with Crippen molar-refractivity contribution in [1.82, 2.24) is 20.4 Å². The normalized spacial score (nSPS) is 13.9. The number of amides is 3. The fraction of sp³-hybridized carbons (Fsp3) is 0.400. The van der Waals surface area contributed by atoms with Crippen LogP contribution in [0.3, 0.4) is 0 Å². The van der Waals surface area contributed by atoms with E-state index >= 15 is 0 Å². The molecule has 8 nitrogen and oxygen atoms in total. The van der Waals surface area contributed by atoms with Gasteiger partial charge in [0.05, 0.1) is 12.2 Å². The highest BCUT2D eigenvalue weighted by Gasteiger charge is 2.23. The summed E-state index contributed by atoms with van der Waals surface area (Å²) in [6.45, 7) is 1.45. The van der Waals surface area contributed by atoms with E-state index in [4.69, 9.17) is 16.3 Å². The number of benzene rings is 1. The average molecular weight is 419 g/mol. The number of imide groups is 1. The van der Waals surface area contributed by atoms with Crippen LogP contribution >= 0.6 is 11.6 Å². The van der Waals surface area contributed by atoms with Gasteiger partial charge in [-0.1, -0.05) is 54.8 Å². The fourth-order valence-corrected chi connectivity index (χ4v) is 3.62. The van der Waals surface area contributed by atoms with Gasteiger partial charge < -0.3 is 10.1 Å². The van der Waals surface area contributed by atoms with Gasteiger partial charge in [-0.3, -0.25) is 10.1 Å². The second-order valence-corrected chi connectivity index (χ2v) is 7.33. The Morgan fingerprint density at radius 3 is 2.59 bits per heavy atom. The maximum absolute atomic E-state index is 12.4. The summed E-state index contributed by atoms with van der Waals surface area (Å²) < 4.78 is 6.52. The highest BCUT2D eigenvalue weighted by Crippen LogP contribution is 2.22. The van der Waals surface area contributed by atoms with Crippen molar-refractivity contribution < 1.29 is 19.1 Å². The minimum atomic E-state index is -0.766. The summed E-state index contributed by atoms with van der Waals surface area (Å²) in [4.78, 5) is 36.0. The first kappa shape index (κ1) is 20.9. The number of nitrogens with zero attached hydrogens (tertiary/aromatic N) is 2. The summed E-state index contributed by atoms with van der Waals surface area (Å²) in [5.41, 5.74) is 1.48. The second kappa shape index (κ2) is 9.56. The summed E-state index contributed by atoms with van der Waals surface area (Å²) in [5.74, 6) is -1.47. The number of urea groups is 1. The summed E-state index contributed by atoms with van der Waals surface area (Å²) in [7, 11) is 0. The molecule has 0 aliphatic heterocycles. The van der Waals surface area contributed by atoms with E-state index < -0.39 is 24.5 Å². The molecular weight excluding hydrogens is 396 g/mol. The van der Waals surface area contributed by atoms with E-state index in [1.807, 2.05) is 30.3 Å². The van der Waals surface area contributed by atoms with Crippen molar-refractivity contribution in [3.63, 3.8) is 0 Å². The molecule has 0 atom stereocenters. The van der Waals surface area contributed by atoms with Crippen LogP contribution in [-0.4, -0.2) is 40.3 Å². The average Bonchev–Trinajstić information content (AvgIpc) is 3.28. The van der Waals surface area contributed by atoms with Crippen molar-refractivity contribution in [1.29, 1.82) is 0 Å². The van der Waals surface area contributed by atoms with Crippen LogP contribution in [0.15, 0.2) is 30.3 Å². The van der Waals surface area contributed by atoms with E-state index in [1.165, 1.54) is 4.68 Å². The number of aromatic nitrogens is 2. The molecule has 0 radical (unpaired) electrons. The lowest BCUT2D eigenvalue weighted by Gasteiger charge is -2.12. The summed E-state index contributed by atoms with van der Waals surface area (Å²) in [5, 5.41) is 9.30. The molecule has 0 unspecified atom stereocenters. The van der Waals surface area contributed by atoms with Crippen molar-refractivity contribution in [2.45, 2.75) is 45.2 Å². The third kappa shape index (κ3) is 5.57. The lowest BCUT2D eigenvalue weighted by Crippen LogP contribution is -2.45. The molecule has 1 aromatic heterocycles. The Morgan fingerprint density at radius 2 is 1.90 bits per heavy atom. The molecule has 1 aliphatic carbocycles. The molecule has 1 aliphatic rings. The maximum atomic E-state index is 12.4. The quantitative estimate of drug-likeness (QED) is 0.702. The standard InChI is InChI=1S/C20H23ClN4O4/c1-13-17(18(21)25(24-13)11-14-7-3-2-4-8-14)19(27)29-12-16(26)23-20(28)22-15-9-5-6-10-15/h2-4,7-8,15H,5-6,9-12H2,1H3,(H2,22,23,26,28). The van der Waals surface area contributed by atoms with Gasteiger partial charge >= 0.3 is 12.0 Å². The van der Waals surface area contributed by atoms with Crippen LogP contribution in [0.1, 0.15) is 47.3 Å². The molecule has 1 heterocycles. The van der Waals surface area contributed by atoms with E-state index in [0.717, 1.165) is 31.2 Å². The zero-order valence-corrected chi connectivity index (χ0v) is 16.9.